The number of carbonyl (C=O) groups excluding carboxylic acids is 2. The molecule has 5 heteroatoms. The molecule has 0 aliphatic heterocycles. The molecule has 138 valence electrons. The number of ether oxygens (including phenoxy) is 1. The van der Waals surface area contributed by atoms with Crippen molar-refractivity contribution in [1.29, 1.82) is 0 Å². The van der Waals surface area contributed by atoms with Crippen molar-refractivity contribution in [2.45, 2.75) is 38.6 Å². The second-order valence-electron chi connectivity index (χ2n) is 6.84. The number of unbranched alkanes of at least 4 members (excludes halogenated alkanes) is 1. The van der Waals surface area contributed by atoms with Gasteiger partial charge in [0.15, 0.2) is 5.76 Å². The minimum atomic E-state index is -0.361. The summed E-state index contributed by atoms with van der Waals surface area (Å²) in [6, 6.07) is 10.6. The maximum atomic E-state index is 12.5. The molecule has 0 spiro atoms. The van der Waals surface area contributed by atoms with Crippen LogP contribution in [-0.4, -0.2) is 19.0 Å². The van der Waals surface area contributed by atoms with E-state index in [9.17, 15) is 9.59 Å². The van der Waals surface area contributed by atoms with Gasteiger partial charge in [-0.05, 0) is 48.1 Å². The first-order chi connectivity index (χ1) is 12.6. The first kappa shape index (κ1) is 18.2. The molecule has 1 aromatic heterocycles. The summed E-state index contributed by atoms with van der Waals surface area (Å²) in [6.45, 7) is 2.19. The minimum absolute atomic E-state index is 0.0823. The summed E-state index contributed by atoms with van der Waals surface area (Å²) >= 11 is 0. The molecular formula is C21H25NO4. The molecule has 0 saturated heterocycles. The van der Waals surface area contributed by atoms with E-state index in [1.54, 1.807) is 24.3 Å². The topological polar surface area (TPSA) is 68.5 Å². The quantitative estimate of drug-likeness (QED) is 0.714. The van der Waals surface area contributed by atoms with Crippen LogP contribution in [0.5, 0.6) is 0 Å². The van der Waals surface area contributed by atoms with Crippen LogP contribution in [0.2, 0.25) is 0 Å². The van der Waals surface area contributed by atoms with Gasteiger partial charge in [0.05, 0.1) is 25.0 Å². The van der Waals surface area contributed by atoms with Crippen molar-refractivity contribution in [2.75, 3.05) is 7.11 Å². The second kappa shape index (κ2) is 8.21. The highest BCUT2D eigenvalue weighted by molar-refractivity contribution is 5.92. The Morgan fingerprint density at radius 3 is 2.65 bits per heavy atom. The van der Waals surface area contributed by atoms with Gasteiger partial charge in [-0.2, -0.15) is 0 Å². The van der Waals surface area contributed by atoms with Gasteiger partial charge in [-0.15, -0.1) is 0 Å². The Morgan fingerprint density at radius 1 is 1.27 bits per heavy atom. The summed E-state index contributed by atoms with van der Waals surface area (Å²) < 4.78 is 9.97. The predicted molar refractivity (Wildman–Crippen MR) is 97.8 cm³/mol. The van der Waals surface area contributed by atoms with E-state index in [1.807, 2.05) is 12.1 Å². The molecule has 3 atom stereocenters. The average molecular weight is 355 g/mol. The van der Waals surface area contributed by atoms with E-state index in [0.717, 1.165) is 12.0 Å². The number of hydrogen-bond acceptors (Lipinski definition) is 4. The number of nitrogens with one attached hydrogen (secondary N) is 1. The Bertz CT molecular complexity index is 736. The maximum Gasteiger partial charge on any atom is 0.337 e. The van der Waals surface area contributed by atoms with Gasteiger partial charge in [0.25, 0.3) is 5.91 Å². The van der Waals surface area contributed by atoms with E-state index in [1.165, 1.54) is 32.6 Å². The number of benzene rings is 1. The van der Waals surface area contributed by atoms with Crippen LogP contribution in [0.4, 0.5) is 0 Å². The lowest BCUT2D eigenvalue weighted by Gasteiger charge is -2.19. The molecule has 1 N–H and O–H groups in total. The Balaban J connectivity index is 1.76. The summed E-state index contributed by atoms with van der Waals surface area (Å²) in [5.41, 5.74) is 1.51. The van der Waals surface area contributed by atoms with Crippen molar-refractivity contribution in [3.63, 3.8) is 0 Å². The van der Waals surface area contributed by atoms with E-state index >= 15 is 0 Å². The summed E-state index contributed by atoms with van der Waals surface area (Å²) in [5.74, 6) is 0.798. The molecule has 1 amide bonds. The van der Waals surface area contributed by atoms with Crippen molar-refractivity contribution in [2.24, 2.45) is 11.8 Å². The Morgan fingerprint density at radius 2 is 2.04 bits per heavy atom. The van der Waals surface area contributed by atoms with Crippen LogP contribution in [0, 0.1) is 11.8 Å². The lowest BCUT2D eigenvalue weighted by atomic mass is 9.98. The van der Waals surface area contributed by atoms with Crippen LogP contribution in [-0.2, 0) is 4.74 Å². The molecule has 1 saturated carbocycles. The van der Waals surface area contributed by atoms with Crippen molar-refractivity contribution in [1.82, 2.24) is 5.32 Å². The van der Waals surface area contributed by atoms with Crippen LogP contribution in [0.15, 0.2) is 47.1 Å². The summed E-state index contributed by atoms with van der Waals surface area (Å²) in [6.07, 6.45) is 6.19. The molecule has 1 fully saturated rings. The van der Waals surface area contributed by atoms with E-state index < -0.39 is 0 Å². The van der Waals surface area contributed by atoms with Gasteiger partial charge in [0, 0.05) is 0 Å². The minimum Gasteiger partial charge on any atom is -0.465 e. The zero-order chi connectivity index (χ0) is 18.5. The first-order valence-electron chi connectivity index (χ1n) is 9.16. The van der Waals surface area contributed by atoms with Gasteiger partial charge in [0.2, 0.25) is 0 Å². The smallest absolute Gasteiger partial charge is 0.337 e. The van der Waals surface area contributed by atoms with Crippen LogP contribution < -0.4 is 5.32 Å². The molecule has 1 aliphatic carbocycles. The SMILES string of the molecule is CCCC[C@@H]1C[C@H]1C(NC(=O)c1ccco1)c1ccc(C(=O)OC)cc1. The zero-order valence-electron chi connectivity index (χ0n) is 15.2. The molecular weight excluding hydrogens is 330 g/mol. The van der Waals surface area contributed by atoms with Crippen LogP contribution >= 0.6 is 0 Å². The monoisotopic (exact) mass is 355 g/mol. The molecule has 1 heterocycles. The third-order valence-electron chi connectivity index (χ3n) is 5.06. The van der Waals surface area contributed by atoms with E-state index in [4.69, 9.17) is 9.15 Å². The van der Waals surface area contributed by atoms with Crippen LogP contribution in [0.1, 0.15) is 65.1 Å². The van der Waals surface area contributed by atoms with Gasteiger partial charge in [-0.1, -0.05) is 38.3 Å². The molecule has 0 radical (unpaired) electrons. The molecule has 26 heavy (non-hydrogen) atoms. The number of carbonyl (C=O) groups is 2. The molecule has 1 aliphatic rings. The van der Waals surface area contributed by atoms with E-state index in [2.05, 4.69) is 12.2 Å². The summed E-state index contributed by atoms with van der Waals surface area (Å²) in [7, 11) is 1.37. The molecule has 1 aromatic carbocycles. The lowest BCUT2D eigenvalue weighted by Crippen LogP contribution is -2.30. The summed E-state index contributed by atoms with van der Waals surface area (Å²) in [4.78, 5) is 24.1. The van der Waals surface area contributed by atoms with Crippen LogP contribution in [0.25, 0.3) is 0 Å². The normalized spacial score (nSPS) is 19.6. The fourth-order valence-corrected chi connectivity index (χ4v) is 3.48. The van der Waals surface area contributed by atoms with Gasteiger partial charge >= 0.3 is 5.97 Å². The third-order valence-corrected chi connectivity index (χ3v) is 5.06. The molecule has 3 rings (SSSR count). The Hall–Kier alpha value is -2.56. The van der Waals surface area contributed by atoms with Crippen molar-refractivity contribution in [3.8, 4) is 0 Å². The third kappa shape index (κ3) is 4.15. The number of amides is 1. The number of methoxy groups -OCH3 is 1. The van der Waals surface area contributed by atoms with E-state index in [-0.39, 0.29) is 17.9 Å². The molecule has 5 nitrogen and oxygen atoms in total. The maximum absolute atomic E-state index is 12.5. The van der Waals surface area contributed by atoms with Crippen molar-refractivity contribution in [3.05, 3.63) is 59.5 Å². The molecule has 2 aromatic rings. The van der Waals surface area contributed by atoms with Gasteiger partial charge in [0.1, 0.15) is 0 Å². The first-order valence-corrected chi connectivity index (χ1v) is 9.16. The largest absolute Gasteiger partial charge is 0.465 e. The fourth-order valence-electron chi connectivity index (χ4n) is 3.48. The average Bonchev–Trinajstić information content (AvgIpc) is 3.21. The molecule has 0 bridgehead atoms. The van der Waals surface area contributed by atoms with E-state index in [0.29, 0.717) is 23.2 Å². The summed E-state index contributed by atoms with van der Waals surface area (Å²) in [5, 5.41) is 3.12. The van der Waals surface area contributed by atoms with Gasteiger partial charge in [-0.3, -0.25) is 4.79 Å². The molecule has 1 unspecified atom stereocenters. The number of rotatable bonds is 8. The van der Waals surface area contributed by atoms with Crippen molar-refractivity contribution < 1.29 is 18.7 Å². The standard InChI is InChI=1S/C21H25NO4/c1-3-4-6-16-13-17(16)19(22-20(23)18-7-5-12-26-18)14-8-10-15(11-9-14)21(24)25-2/h5,7-12,16-17,19H,3-4,6,13H2,1-2H3,(H,22,23)/t16-,17-,19?/m1/s1. The number of esters is 1. The predicted octanol–water partition coefficient (Wildman–Crippen LogP) is 4.36. The highest BCUT2D eigenvalue weighted by Crippen LogP contribution is 2.50. The highest BCUT2D eigenvalue weighted by Gasteiger charge is 2.43. The highest BCUT2D eigenvalue weighted by atomic mass is 16.5. The Kier molecular flexibility index (Phi) is 5.76. The van der Waals surface area contributed by atoms with Gasteiger partial charge < -0.3 is 14.5 Å². The van der Waals surface area contributed by atoms with Gasteiger partial charge in [-0.25, -0.2) is 4.79 Å². The number of furan rings is 1. The van der Waals surface area contributed by atoms with Crippen LogP contribution in [0.3, 0.4) is 0 Å². The lowest BCUT2D eigenvalue weighted by molar-refractivity contribution is 0.0600. The number of hydrogen-bond donors (Lipinski definition) is 1. The second-order valence-corrected chi connectivity index (χ2v) is 6.84. The van der Waals surface area contributed by atoms with Crippen molar-refractivity contribution >= 4 is 11.9 Å². The fraction of sp³-hybridized carbons (Fsp3) is 0.429. The zero-order valence-corrected chi connectivity index (χ0v) is 15.2. The Labute approximate surface area is 153 Å².